The van der Waals surface area contributed by atoms with Crippen molar-refractivity contribution in [2.45, 2.75) is 32.1 Å². The predicted molar refractivity (Wildman–Crippen MR) is 59.9 cm³/mol. The van der Waals surface area contributed by atoms with Crippen LogP contribution in [0.25, 0.3) is 0 Å². The van der Waals surface area contributed by atoms with Crippen LogP contribution in [0.5, 0.6) is 0 Å². The summed E-state index contributed by atoms with van der Waals surface area (Å²) in [5.41, 5.74) is 2.28. The lowest BCUT2D eigenvalue weighted by atomic mass is 9.68. The molecule has 3 rings (SSSR count). The normalized spacial score (nSPS) is 29.5. The monoisotopic (exact) mass is 200 g/mol. The first kappa shape index (κ1) is 9.14. The third kappa shape index (κ3) is 1.41. The van der Waals surface area contributed by atoms with Gasteiger partial charge in [-0.3, -0.25) is 4.79 Å². The Labute approximate surface area is 90.5 Å². The van der Waals surface area contributed by atoms with Crippen LogP contribution in [0.2, 0.25) is 0 Å². The number of hydrogen-bond donors (Lipinski definition) is 0. The SMILES string of the molecule is O=C1c2ccccc2C[C@@H]2CCCC[C@H]12. The highest BCUT2D eigenvalue weighted by Crippen LogP contribution is 2.39. The number of rotatable bonds is 0. The summed E-state index contributed by atoms with van der Waals surface area (Å²) in [4.78, 5) is 12.3. The van der Waals surface area contributed by atoms with E-state index in [-0.39, 0.29) is 0 Å². The molecule has 0 aromatic heterocycles. The molecule has 2 aliphatic rings. The van der Waals surface area contributed by atoms with Gasteiger partial charge in [0.15, 0.2) is 5.78 Å². The molecule has 0 unspecified atom stereocenters. The standard InChI is InChI=1S/C14H16O/c15-14-12-7-3-1-5-10(12)9-11-6-2-4-8-13(11)14/h1,3,5,7,11,13H,2,4,6,8-9H2/t11-,13-/m0/s1. The zero-order valence-electron chi connectivity index (χ0n) is 8.91. The topological polar surface area (TPSA) is 17.1 Å². The third-order valence-corrected chi connectivity index (χ3v) is 4.01. The average Bonchev–Trinajstić information content (AvgIpc) is 2.30. The lowest BCUT2D eigenvalue weighted by molar-refractivity contribution is 0.0800. The van der Waals surface area contributed by atoms with Crippen LogP contribution in [-0.2, 0) is 6.42 Å². The number of ketones is 1. The van der Waals surface area contributed by atoms with Gasteiger partial charge in [-0.25, -0.2) is 0 Å². The minimum Gasteiger partial charge on any atom is -0.294 e. The molecule has 1 heteroatoms. The quantitative estimate of drug-likeness (QED) is 0.628. The fourth-order valence-corrected chi connectivity index (χ4v) is 3.22. The third-order valence-electron chi connectivity index (χ3n) is 4.01. The Morgan fingerprint density at radius 3 is 2.80 bits per heavy atom. The molecule has 1 aromatic rings. The van der Waals surface area contributed by atoms with Crippen LogP contribution in [0.3, 0.4) is 0 Å². The number of Topliss-reactive ketones (excluding diaryl/α,β-unsaturated/α-hetero) is 1. The second kappa shape index (κ2) is 3.48. The van der Waals surface area contributed by atoms with E-state index in [1.165, 1.54) is 24.8 Å². The van der Waals surface area contributed by atoms with Gasteiger partial charge in [0.25, 0.3) is 0 Å². The molecule has 0 radical (unpaired) electrons. The van der Waals surface area contributed by atoms with Gasteiger partial charge in [0, 0.05) is 11.5 Å². The Hall–Kier alpha value is -1.11. The van der Waals surface area contributed by atoms with Gasteiger partial charge in [-0.2, -0.15) is 0 Å². The van der Waals surface area contributed by atoms with Crippen molar-refractivity contribution in [3.63, 3.8) is 0 Å². The fraction of sp³-hybridized carbons (Fsp3) is 0.500. The molecule has 1 saturated carbocycles. The Kier molecular flexibility index (Phi) is 2.12. The van der Waals surface area contributed by atoms with Crippen LogP contribution < -0.4 is 0 Å². The average molecular weight is 200 g/mol. The van der Waals surface area contributed by atoms with Gasteiger partial charge in [-0.15, -0.1) is 0 Å². The lowest BCUT2D eigenvalue weighted by Crippen LogP contribution is -2.33. The maximum absolute atomic E-state index is 12.3. The number of carbonyl (C=O) groups excluding carboxylic acids is 1. The first-order valence-electron chi connectivity index (χ1n) is 5.98. The maximum atomic E-state index is 12.3. The summed E-state index contributed by atoms with van der Waals surface area (Å²) in [6, 6.07) is 8.16. The van der Waals surface area contributed by atoms with Gasteiger partial charge in [0.2, 0.25) is 0 Å². The van der Waals surface area contributed by atoms with E-state index in [0.717, 1.165) is 18.4 Å². The maximum Gasteiger partial charge on any atom is 0.166 e. The molecular weight excluding hydrogens is 184 g/mol. The number of benzene rings is 1. The molecular formula is C14H16O. The second-order valence-corrected chi connectivity index (χ2v) is 4.88. The summed E-state index contributed by atoms with van der Waals surface area (Å²) in [7, 11) is 0. The van der Waals surface area contributed by atoms with Crippen molar-refractivity contribution in [3.8, 4) is 0 Å². The summed E-state index contributed by atoms with van der Waals surface area (Å²) >= 11 is 0. The van der Waals surface area contributed by atoms with Crippen molar-refractivity contribution in [1.29, 1.82) is 0 Å². The smallest absolute Gasteiger partial charge is 0.166 e. The van der Waals surface area contributed by atoms with Crippen molar-refractivity contribution < 1.29 is 4.79 Å². The van der Waals surface area contributed by atoms with E-state index >= 15 is 0 Å². The Morgan fingerprint density at radius 1 is 1.07 bits per heavy atom. The summed E-state index contributed by atoms with van der Waals surface area (Å²) in [5.74, 6) is 1.40. The van der Waals surface area contributed by atoms with Crippen molar-refractivity contribution in [3.05, 3.63) is 35.4 Å². The molecule has 0 aliphatic heterocycles. The van der Waals surface area contributed by atoms with E-state index in [1.807, 2.05) is 12.1 Å². The van der Waals surface area contributed by atoms with Crippen LogP contribution >= 0.6 is 0 Å². The molecule has 2 atom stereocenters. The lowest BCUT2D eigenvalue weighted by Gasteiger charge is -2.35. The predicted octanol–water partition coefficient (Wildman–Crippen LogP) is 3.23. The zero-order chi connectivity index (χ0) is 10.3. The highest BCUT2D eigenvalue weighted by Gasteiger charge is 2.36. The Balaban J connectivity index is 2.02. The van der Waals surface area contributed by atoms with Crippen LogP contribution in [-0.4, -0.2) is 5.78 Å². The highest BCUT2D eigenvalue weighted by molar-refractivity contribution is 6.00. The van der Waals surface area contributed by atoms with Gasteiger partial charge >= 0.3 is 0 Å². The minimum absolute atomic E-state index is 0.341. The van der Waals surface area contributed by atoms with E-state index in [9.17, 15) is 4.79 Å². The van der Waals surface area contributed by atoms with E-state index in [0.29, 0.717) is 17.6 Å². The molecule has 0 saturated heterocycles. The van der Waals surface area contributed by atoms with E-state index < -0.39 is 0 Å². The molecule has 0 heterocycles. The molecule has 1 nitrogen and oxygen atoms in total. The van der Waals surface area contributed by atoms with Gasteiger partial charge in [0.1, 0.15) is 0 Å². The van der Waals surface area contributed by atoms with E-state index in [2.05, 4.69) is 12.1 Å². The molecule has 0 amide bonds. The first-order chi connectivity index (χ1) is 7.36. The fourth-order valence-electron chi connectivity index (χ4n) is 3.22. The highest BCUT2D eigenvalue weighted by atomic mass is 16.1. The Bertz CT molecular complexity index is 394. The molecule has 0 bridgehead atoms. The van der Waals surface area contributed by atoms with Gasteiger partial charge in [-0.05, 0) is 30.7 Å². The molecule has 15 heavy (non-hydrogen) atoms. The molecule has 1 fully saturated rings. The van der Waals surface area contributed by atoms with Crippen molar-refractivity contribution in [2.24, 2.45) is 11.8 Å². The summed E-state index contributed by atoms with van der Waals surface area (Å²) < 4.78 is 0. The molecule has 1 aromatic carbocycles. The summed E-state index contributed by atoms with van der Waals surface area (Å²) in [5, 5.41) is 0. The van der Waals surface area contributed by atoms with Gasteiger partial charge in [-0.1, -0.05) is 37.1 Å². The van der Waals surface area contributed by atoms with Gasteiger partial charge in [0.05, 0.1) is 0 Å². The molecule has 2 aliphatic carbocycles. The first-order valence-corrected chi connectivity index (χ1v) is 5.98. The van der Waals surface area contributed by atoms with Crippen molar-refractivity contribution >= 4 is 5.78 Å². The molecule has 0 spiro atoms. The van der Waals surface area contributed by atoms with Crippen LogP contribution in [0.1, 0.15) is 41.6 Å². The summed E-state index contributed by atoms with van der Waals surface area (Å²) in [6.45, 7) is 0. The number of carbonyl (C=O) groups is 1. The largest absolute Gasteiger partial charge is 0.294 e. The molecule has 0 N–H and O–H groups in total. The van der Waals surface area contributed by atoms with E-state index in [1.54, 1.807) is 0 Å². The minimum atomic E-state index is 0.341. The van der Waals surface area contributed by atoms with Crippen molar-refractivity contribution in [2.75, 3.05) is 0 Å². The van der Waals surface area contributed by atoms with Crippen LogP contribution in [0, 0.1) is 11.8 Å². The zero-order valence-corrected chi connectivity index (χ0v) is 8.91. The summed E-state index contributed by atoms with van der Waals surface area (Å²) in [6.07, 6.45) is 6.07. The molecule has 78 valence electrons. The van der Waals surface area contributed by atoms with E-state index in [4.69, 9.17) is 0 Å². The number of hydrogen-bond acceptors (Lipinski definition) is 1. The van der Waals surface area contributed by atoms with Crippen LogP contribution in [0.4, 0.5) is 0 Å². The number of fused-ring (bicyclic) bond motifs is 2. The van der Waals surface area contributed by atoms with Crippen LogP contribution in [0.15, 0.2) is 24.3 Å². The second-order valence-electron chi connectivity index (χ2n) is 4.88. The van der Waals surface area contributed by atoms with Gasteiger partial charge < -0.3 is 0 Å². The Morgan fingerprint density at radius 2 is 1.87 bits per heavy atom. The van der Waals surface area contributed by atoms with Crippen molar-refractivity contribution in [1.82, 2.24) is 0 Å².